The largest absolute Gasteiger partial charge is 0.490 e. The summed E-state index contributed by atoms with van der Waals surface area (Å²) in [5.74, 6) is -2.53. The van der Waals surface area contributed by atoms with E-state index in [0.717, 1.165) is 25.2 Å². The molecule has 0 aliphatic carbocycles. The summed E-state index contributed by atoms with van der Waals surface area (Å²) in [6, 6.07) is 2.83. The van der Waals surface area contributed by atoms with Crippen LogP contribution in [0.5, 0.6) is 0 Å². The number of alkyl halides is 3. The predicted octanol–water partition coefficient (Wildman–Crippen LogP) is 2.49. The van der Waals surface area contributed by atoms with Crippen LogP contribution in [0, 0.1) is 0 Å². The normalized spacial score (nSPS) is 22.1. The third-order valence-electron chi connectivity index (χ3n) is 4.79. The molecule has 152 valence electrons. The van der Waals surface area contributed by atoms with Gasteiger partial charge in [-0.1, -0.05) is 0 Å². The monoisotopic (exact) mass is 416 g/mol. The van der Waals surface area contributed by atoms with Crippen molar-refractivity contribution in [3.05, 3.63) is 34.8 Å². The van der Waals surface area contributed by atoms with Gasteiger partial charge in [-0.3, -0.25) is 14.4 Å². The molecule has 4 heterocycles. The number of hydrogen-bond donors (Lipinski definition) is 1. The fraction of sp³-hybridized carbons (Fsp3) is 0.471. The molecule has 2 atom stereocenters. The number of aryl methyl sites for hydroxylation is 1. The maximum atomic E-state index is 12.4. The molecule has 2 aromatic rings. The number of carbonyl (C=O) groups is 2. The molecule has 0 unspecified atom stereocenters. The molecule has 2 aromatic heterocycles. The highest BCUT2D eigenvalue weighted by Gasteiger charge is 2.47. The van der Waals surface area contributed by atoms with E-state index in [0.29, 0.717) is 18.5 Å². The van der Waals surface area contributed by atoms with Crippen molar-refractivity contribution in [2.75, 3.05) is 11.4 Å². The van der Waals surface area contributed by atoms with Crippen molar-refractivity contribution in [2.45, 2.75) is 37.6 Å². The van der Waals surface area contributed by atoms with Gasteiger partial charge in [0, 0.05) is 38.8 Å². The minimum atomic E-state index is -5.08. The van der Waals surface area contributed by atoms with Crippen LogP contribution in [0.3, 0.4) is 0 Å². The second kappa shape index (κ2) is 7.92. The number of rotatable bonds is 3. The number of nitrogens with zero attached hydrogens (tertiary/aromatic N) is 4. The number of carboxylic acids is 1. The molecule has 0 saturated carbocycles. The van der Waals surface area contributed by atoms with E-state index in [1.54, 1.807) is 22.2 Å². The summed E-state index contributed by atoms with van der Waals surface area (Å²) >= 11 is 1.73. The molecular weight excluding hydrogens is 397 g/mol. The van der Waals surface area contributed by atoms with Gasteiger partial charge in [0.15, 0.2) is 0 Å². The molecule has 11 heteroatoms. The number of anilines is 1. The smallest absolute Gasteiger partial charge is 0.475 e. The number of amides is 1. The minimum absolute atomic E-state index is 0.230. The molecule has 0 aromatic carbocycles. The molecule has 2 aliphatic heterocycles. The summed E-state index contributed by atoms with van der Waals surface area (Å²) in [4.78, 5) is 25.7. The zero-order chi connectivity index (χ0) is 20.5. The summed E-state index contributed by atoms with van der Waals surface area (Å²) in [6.07, 6.45) is 0.322. The minimum Gasteiger partial charge on any atom is -0.475 e. The van der Waals surface area contributed by atoms with Crippen LogP contribution >= 0.6 is 11.3 Å². The lowest BCUT2D eigenvalue weighted by Crippen LogP contribution is -2.37. The van der Waals surface area contributed by atoms with Crippen molar-refractivity contribution in [1.82, 2.24) is 14.7 Å². The average molecular weight is 416 g/mol. The number of hydrogen-bond acceptors (Lipinski definition) is 5. The van der Waals surface area contributed by atoms with E-state index in [9.17, 15) is 18.0 Å². The lowest BCUT2D eigenvalue weighted by molar-refractivity contribution is -0.192. The van der Waals surface area contributed by atoms with Gasteiger partial charge in [-0.2, -0.15) is 29.6 Å². The van der Waals surface area contributed by atoms with Crippen molar-refractivity contribution >= 4 is 28.9 Å². The molecule has 28 heavy (non-hydrogen) atoms. The highest BCUT2D eigenvalue weighted by Crippen LogP contribution is 2.36. The molecule has 0 radical (unpaired) electrons. The first-order valence-electron chi connectivity index (χ1n) is 8.52. The number of likely N-dealkylation sites (tertiary alicyclic amines) is 1. The average Bonchev–Trinajstić information content (AvgIpc) is 3.35. The van der Waals surface area contributed by atoms with E-state index in [-0.39, 0.29) is 5.91 Å². The number of fused-ring (bicyclic) bond motifs is 1. The Morgan fingerprint density at radius 3 is 2.64 bits per heavy atom. The van der Waals surface area contributed by atoms with Crippen LogP contribution in [-0.2, 0) is 23.2 Å². The Morgan fingerprint density at radius 2 is 2.11 bits per heavy atom. The van der Waals surface area contributed by atoms with Crippen molar-refractivity contribution in [3.8, 4) is 0 Å². The lowest BCUT2D eigenvalue weighted by atomic mass is 10.1. The van der Waals surface area contributed by atoms with Crippen molar-refractivity contribution in [3.63, 3.8) is 0 Å². The Balaban J connectivity index is 0.000000279. The predicted molar refractivity (Wildman–Crippen MR) is 95.9 cm³/mol. The van der Waals surface area contributed by atoms with Crippen LogP contribution in [-0.4, -0.2) is 56.5 Å². The van der Waals surface area contributed by atoms with Gasteiger partial charge in [0.25, 0.3) is 0 Å². The second-order valence-corrected chi connectivity index (χ2v) is 7.45. The fourth-order valence-corrected chi connectivity index (χ4v) is 4.27. The topological polar surface area (TPSA) is 78.7 Å². The highest BCUT2D eigenvalue weighted by molar-refractivity contribution is 7.07. The molecule has 0 bridgehead atoms. The van der Waals surface area contributed by atoms with Crippen LogP contribution in [0.25, 0.3) is 0 Å². The van der Waals surface area contributed by atoms with Gasteiger partial charge < -0.3 is 10.0 Å². The third-order valence-corrected chi connectivity index (χ3v) is 5.52. The van der Waals surface area contributed by atoms with E-state index in [4.69, 9.17) is 9.90 Å². The van der Waals surface area contributed by atoms with Crippen molar-refractivity contribution in [1.29, 1.82) is 0 Å². The summed E-state index contributed by atoms with van der Waals surface area (Å²) in [5, 5.41) is 15.6. The Morgan fingerprint density at radius 1 is 1.39 bits per heavy atom. The van der Waals surface area contributed by atoms with Crippen molar-refractivity contribution in [2.24, 2.45) is 7.05 Å². The Labute approximate surface area is 163 Å². The van der Waals surface area contributed by atoms with Gasteiger partial charge >= 0.3 is 12.1 Å². The molecule has 2 saturated heterocycles. The number of carbonyl (C=O) groups excluding carboxylic acids is 1. The molecule has 7 nitrogen and oxygen atoms in total. The van der Waals surface area contributed by atoms with E-state index in [2.05, 4.69) is 26.8 Å². The summed E-state index contributed by atoms with van der Waals surface area (Å²) in [5.41, 5.74) is 2.29. The Bertz CT molecular complexity index is 837. The van der Waals surface area contributed by atoms with Gasteiger partial charge in [0.05, 0.1) is 17.9 Å². The highest BCUT2D eigenvalue weighted by atomic mass is 32.1. The SMILES string of the molecule is Cn1cc(N2C(=O)C[C@@H]3[C@@H]2CCN3Cc2ccsc2)cn1.O=C(O)C(F)(F)F. The van der Waals surface area contributed by atoms with E-state index in [1.165, 1.54) is 5.56 Å². The zero-order valence-electron chi connectivity index (χ0n) is 15.0. The maximum absolute atomic E-state index is 12.4. The lowest BCUT2D eigenvalue weighted by Gasteiger charge is -2.24. The van der Waals surface area contributed by atoms with Crippen LogP contribution in [0.4, 0.5) is 18.9 Å². The Hall–Kier alpha value is -2.40. The fourth-order valence-electron chi connectivity index (χ4n) is 3.61. The number of aromatic nitrogens is 2. The van der Waals surface area contributed by atoms with Crippen LogP contribution in [0.1, 0.15) is 18.4 Å². The standard InChI is InChI=1S/C15H18N4OS.C2HF3O2/c1-17-9-12(7-16-17)19-13-2-4-18(14(13)6-15(19)20)8-11-3-5-21-10-11;3-2(4,5)1(6)7/h3,5,7,9-10,13-14H,2,4,6,8H2,1H3;(H,6,7)/t13-,14+;/m0./s1. The molecule has 2 fully saturated rings. The molecule has 4 rings (SSSR count). The van der Waals surface area contributed by atoms with Gasteiger partial charge in [-0.05, 0) is 28.8 Å². The van der Waals surface area contributed by atoms with Crippen LogP contribution in [0.15, 0.2) is 29.2 Å². The van der Waals surface area contributed by atoms with E-state index in [1.807, 2.05) is 18.1 Å². The maximum Gasteiger partial charge on any atom is 0.490 e. The van der Waals surface area contributed by atoms with E-state index >= 15 is 0 Å². The first-order valence-corrected chi connectivity index (χ1v) is 9.47. The third kappa shape index (κ3) is 4.36. The number of halogens is 3. The first kappa shape index (κ1) is 20.3. The number of aliphatic carboxylic acids is 1. The van der Waals surface area contributed by atoms with Gasteiger partial charge in [-0.15, -0.1) is 0 Å². The van der Waals surface area contributed by atoms with Crippen molar-refractivity contribution < 1.29 is 27.9 Å². The molecule has 1 amide bonds. The summed E-state index contributed by atoms with van der Waals surface area (Å²) < 4.78 is 33.5. The summed E-state index contributed by atoms with van der Waals surface area (Å²) in [6.45, 7) is 2.02. The zero-order valence-corrected chi connectivity index (χ0v) is 15.8. The number of carboxylic acid groups (broad SMARTS) is 1. The van der Waals surface area contributed by atoms with Crippen LogP contribution in [0.2, 0.25) is 0 Å². The number of thiophene rings is 1. The van der Waals surface area contributed by atoms with Gasteiger partial charge in [0.1, 0.15) is 0 Å². The van der Waals surface area contributed by atoms with Crippen LogP contribution < -0.4 is 4.90 Å². The summed E-state index contributed by atoms with van der Waals surface area (Å²) in [7, 11) is 1.89. The van der Waals surface area contributed by atoms with Gasteiger partial charge in [0.2, 0.25) is 5.91 Å². The molecule has 0 spiro atoms. The Kier molecular flexibility index (Phi) is 5.75. The molecule has 2 aliphatic rings. The van der Waals surface area contributed by atoms with E-state index < -0.39 is 12.1 Å². The first-order chi connectivity index (χ1) is 13.2. The second-order valence-electron chi connectivity index (χ2n) is 6.67. The molecular formula is C17H19F3N4O3S. The molecule has 1 N–H and O–H groups in total. The van der Waals surface area contributed by atoms with Gasteiger partial charge in [-0.25, -0.2) is 4.79 Å². The quantitative estimate of drug-likeness (QED) is 0.832.